The Bertz CT molecular complexity index is 1580. The second kappa shape index (κ2) is 19.5. The van der Waals surface area contributed by atoms with Gasteiger partial charge in [-0.3, -0.25) is 19.7 Å². The van der Waals surface area contributed by atoms with Crippen molar-refractivity contribution < 1.29 is 59.8 Å². The smallest absolute Gasteiger partial charge is 0.391 e. The number of ether oxygens (including phenoxy) is 4. The fourth-order valence-electron chi connectivity index (χ4n) is 5.82. The third-order valence-corrected chi connectivity index (χ3v) is 8.83. The molecule has 0 unspecified atom stereocenters. The molecule has 0 spiro atoms. The van der Waals surface area contributed by atoms with Crippen LogP contribution in [-0.2, 0) is 9.47 Å². The minimum Gasteiger partial charge on any atom is -0.475 e. The van der Waals surface area contributed by atoms with E-state index in [2.05, 4.69) is 20.6 Å². The molecule has 2 heterocycles. The monoisotopic (exact) mass is 782 g/mol. The molecule has 2 amide bonds. The van der Waals surface area contributed by atoms with Gasteiger partial charge in [0.25, 0.3) is 11.8 Å². The van der Waals surface area contributed by atoms with Gasteiger partial charge in [-0.25, -0.2) is 0 Å². The van der Waals surface area contributed by atoms with Crippen LogP contribution in [0.25, 0.3) is 0 Å². The molecule has 0 aromatic carbocycles. The van der Waals surface area contributed by atoms with Crippen LogP contribution in [0.5, 0.6) is 11.8 Å². The van der Waals surface area contributed by atoms with Gasteiger partial charge in [0.2, 0.25) is 17.6 Å². The Labute approximate surface area is 305 Å². The first-order chi connectivity index (χ1) is 25.3. The first kappa shape index (κ1) is 43.5. The van der Waals surface area contributed by atoms with E-state index in [4.69, 9.17) is 36.1 Å². The summed E-state index contributed by atoms with van der Waals surface area (Å²) in [7, 11) is 2.94. The summed E-state index contributed by atoms with van der Waals surface area (Å²) >= 11 is 0. The Morgan fingerprint density at radius 2 is 1.11 bits per heavy atom. The number of carbonyl (C=O) groups excluding carboxylic acids is 2. The Morgan fingerprint density at radius 1 is 0.722 bits per heavy atom. The Morgan fingerprint density at radius 3 is 1.48 bits per heavy atom. The lowest BCUT2D eigenvalue weighted by Crippen LogP contribution is -2.40. The predicted molar refractivity (Wildman–Crippen MR) is 182 cm³/mol. The molecular formula is C32H44F6N8O8. The molecule has 0 radical (unpaired) electrons. The number of nitrogens with two attached hydrogens (primary N) is 3. The van der Waals surface area contributed by atoms with Crippen LogP contribution in [0.2, 0.25) is 0 Å². The zero-order valence-electron chi connectivity index (χ0n) is 29.6. The standard InChI is InChI=1S/C16H21F3N4O5.C16H23F3N4O3/c1-27-6-7-28-15-11(8-12(23(25)26)13(20)22-15)14(24)21-10-4-2-9(3-5-10)16(17,18)19;1-25-6-7-26-15-11(8-12(20)13(21)23-15)14(24)22-10-4-2-9(3-5-10)16(17,18)19/h8-10H,2-7H2,1H3,(H2,20,22)(H,21,24);8-10H,2-7,20H2,1H3,(H2,21,23)(H,22,24). The Kier molecular flexibility index (Phi) is 15.7. The number of halogens is 6. The molecule has 2 aromatic rings. The highest BCUT2D eigenvalue weighted by Gasteiger charge is 2.43. The van der Waals surface area contributed by atoms with E-state index < -0.39 is 58.5 Å². The molecule has 2 aliphatic rings. The number of alkyl halides is 6. The van der Waals surface area contributed by atoms with E-state index in [0.29, 0.717) is 0 Å². The summed E-state index contributed by atoms with van der Waals surface area (Å²) in [6.07, 6.45) is -7.81. The van der Waals surface area contributed by atoms with Crippen LogP contribution in [0.15, 0.2) is 12.1 Å². The van der Waals surface area contributed by atoms with Crippen molar-refractivity contribution in [1.82, 2.24) is 20.6 Å². The number of pyridine rings is 2. The number of hydrogen-bond acceptors (Lipinski definition) is 13. The number of nitrogens with one attached hydrogen (secondary N) is 2. The highest BCUT2D eigenvalue weighted by atomic mass is 19.4. The second-order valence-corrected chi connectivity index (χ2v) is 12.6. The molecular weight excluding hydrogens is 738 g/mol. The Hall–Kier alpha value is -4.86. The molecule has 2 saturated carbocycles. The number of nitrogen functional groups attached to an aromatic ring is 3. The summed E-state index contributed by atoms with van der Waals surface area (Å²) in [5.41, 5.74) is 16.3. The van der Waals surface area contributed by atoms with E-state index >= 15 is 0 Å². The SMILES string of the molecule is COCCOc1nc(N)c(N)cc1C(=O)NC1CCC(C(F)(F)F)CC1.COCCOc1nc(N)c([N+](=O)[O-])cc1C(=O)NC1CCC(C(F)(F)F)CC1. The third kappa shape index (κ3) is 12.6. The molecule has 16 nitrogen and oxygen atoms in total. The normalized spacial score (nSPS) is 20.2. The van der Waals surface area contributed by atoms with Gasteiger partial charge in [-0.05, 0) is 57.4 Å². The Balaban J connectivity index is 0.000000291. The van der Waals surface area contributed by atoms with Crippen LogP contribution < -0.4 is 37.3 Å². The van der Waals surface area contributed by atoms with Crippen molar-refractivity contribution in [2.75, 3.05) is 57.8 Å². The van der Waals surface area contributed by atoms with Crippen molar-refractivity contribution in [3.05, 3.63) is 33.4 Å². The zero-order valence-corrected chi connectivity index (χ0v) is 29.6. The van der Waals surface area contributed by atoms with Crippen molar-refractivity contribution in [2.45, 2.75) is 75.8 Å². The van der Waals surface area contributed by atoms with E-state index in [1.165, 1.54) is 20.3 Å². The fraction of sp³-hybridized carbons (Fsp3) is 0.625. The lowest BCUT2D eigenvalue weighted by molar-refractivity contribution is -0.384. The van der Waals surface area contributed by atoms with Gasteiger partial charge in [-0.1, -0.05) is 0 Å². The maximum atomic E-state index is 12.8. The maximum Gasteiger partial charge on any atom is 0.391 e. The van der Waals surface area contributed by atoms with E-state index in [0.717, 1.165) is 6.07 Å². The average Bonchev–Trinajstić information content (AvgIpc) is 3.09. The molecule has 54 heavy (non-hydrogen) atoms. The van der Waals surface area contributed by atoms with Gasteiger partial charge in [-0.2, -0.15) is 36.3 Å². The summed E-state index contributed by atoms with van der Waals surface area (Å²) in [5, 5.41) is 16.4. The number of nitro groups is 1. The molecule has 0 saturated heterocycles. The van der Waals surface area contributed by atoms with Gasteiger partial charge >= 0.3 is 18.0 Å². The highest BCUT2D eigenvalue weighted by Crippen LogP contribution is 2.39. The topological polar surface area (TPSA) is 242 Å². The molecule has 0 bridgehead atoms. The summed E-state index contributed by atoms with van der Waals surface area (Å²) in [6.45, 7) is 0.650. The van der Waals surface area contributed by atoms with Crippen molar-refractivity contribution >= 4 is 34.8 Å². The average molecular weight is 783 g/mol. The van der Waals surface area contributed by atoms with Crippen molar-refractivity contribution in [1.29, 1.82) is 0 Å². The van der Waals surface area contributed by atoms with Crippen LogP contribution in [0.4, 0.5) is 49.4 Å². The lowest BCUT2D eigenvalue weighted by atomic mass is 9.85. The molecule has 2 fully saturated rings. The summed E-state index contributed by atoms with van der Waals surface area (Å²) in [6, 6.07) is 1.48. The zero-order chi connectivity index (χ0) is 40.2. The van der Waals surface area contributed by atoms with Gasteiger partial charge in [0.1, 0.15) is 24.3 Å². The van der Waals surface area contributed by atoms with Crippen molar-refractivity contribution in [3.63, 3.8) is 0 Å². The summed E-state index contributed by atoms with van der Waals surface area (Å²) in [4.78, 5) is 43.1. The number of methoxy groups -OCH3 is 2. The molecule has 302 valence electrons. The number of rotatable bonds is 13. The first-order valence-electron chi connectivity index (χ1n) is 16.8. The molecule has 8 N–H and O–H groups in total. The second-order valence-electron chi connectivity index (χ2n) is 12.6. The number of amides is 2. The molecule has 2 aromatic heterocycles. The van der Waals surface area contributed by atoms with Gasteiger partial charge in [-0.15, -0.1) is 0 Å². The number of anilines is 3. The van der Waals surface area contributed by atoms with Crippen LogP contribution >= 0.6 is 0 Å². The van der Waals surface area contributed by atoms with Gasteiger partial charge < -0.3 is 46.8 Å². The number of nitrogens with zero attached hydrogens (tertiary/aromatic N) is 3. The van der Waals surface area contributed by atoms with E-state index in [1.807, 2.05) is 0 Å². The minimum absolute atomic E-state index is 0.00618. The van der Waals surface area contributed by atoms with E-state index in [-0.39, 0.29) is 118 Å². The number of aromatic nitrogens is 2. The predicted octanol–water partition coefficient (Wildman–Crippen LogP) is 4.57. The quantitative estimate of drug-likeness (QED) is 0.0811. The van der Waals surface area contributed by atoms with Gasteiger partial charge in [0.15, 0.2) is 5.82 Å². The van der Waals surface area contributed by atoms with E-state index in [1.54, 1.807) is 0 Å². The van der Waals surface area contributed by atoms with Crippen LogP contribution in [-0.4, -0.2) is 91.8 Å². The highest BCUT2D eigenvalue weighted by molar-refractivity contribution is 5.98. The van der Waals surface area contributed by atoms with Crippen LogP contribution in [0, 0.1) is 22.0 Å². The van der Waals surface area contributed by atoms with Gasteiger partial charge in [0, 0.05) is 32.4 Å². The lowest BCUT2D eigenvalue weighted by Gasteiger charge is -2.30. The molecule has 0 aliphatic heterocycles. The number of carbonyl (C=O) groups is 2. The maximum absolute atomic E-state index is 12.8. The number of hydrogen-bond donors (Lipinski definition) is 5. The molecule has 2 aliphatic carbocycles. The minimum atomic E-state index is -4.25. The van der Waals surface area contributed by atoms with Gasteiger partial charge in [0.05, 0.1) is 35.7 Å². The molecule has 4 rings (SSSR count). The van der Waals surface area contributed by atoms with Crippen LogP contribution in [0.1, 0.15) is 72.1 Å². The molecule has 0 atom stereocenters. The third-order valence-electron chi connectivity index (χ3n) is 8.83. The van der Waals surface area contributed by atoms with E-state index in [9.17, 15) is 46.0 Å². The largest absolute Gasteiger partial charge is 0.475 e. The van der Waals surface area contributed by atoms with Crippen molar-refractivity contribution in [3.8, 4) is 11.8 Å². The molecule has 22 heteroatoms. The summed E-state index contributed by atoms with van der Waals surface area (Å²) in [5.74, 6) is -4.51. The van der Waals surface area contributed by atoms with Crippen LogP contribution in [0.3, 0.4) is 0 Å². The first-order valence-corrected chi connectivity index (χ1v) is 16.8. The van der Waals surface area contributed by atoms with Crippen molar-refractivity contribution in [2.24, 2.45) is 11.8 Å². The fourth-order valence-corrected chi connectivity index (χ4v) is 5.82. The summed E-state index contributed by atoms with van der Waals surface area (Å²) < 4.78 is 96.9.